The summed E-state index contributed by atoms with van der Waals surface area (Å²) in [4.78, 5) is 0. The second-order valence-electron chi connectivity index (χ2n) is 5.21. The Morgan fingerprint density at radius 3 is 2.00 bits per heavy atom. The molecule has 2 aromatic rings. The molecule has 1 unspecified atom stereocenters. The molecule has 1 atom stereocenters. The highest BCUT2D eigenvalue weighted by Gasteiger charge is 2.10. The van der Waals surface area contributed by atoms with Crippen LogP contribution in [-0.2, 0) is 6.42 Å². The summed E-state index contributed by atoms with van der Waals surface area (Å²) >= 11 is 6.58. The molecule has 2 heteroatoms. The molecular weight excluding hydrogens is 280 g/mol. The number of alkyl halides is 1. The van der Waals surface area contributed by atoms with E-state index >= 15 is 0 Å². The molecule has 2 aromatic carbocycles. The molecule has 0 bridgehead atoms. The van der Waals surface area contributed by atoms with Crippen molar-refractivity contribution in [2.24, 2.45) is 0 Å². The SMILES string of the molecule is CCCCc1ccc(C(Cl)c2ccc(OCC)cc2)cc1. The van der Waals surface area contributed by atoms with Gasteiger partial charge in [0.05, 0.1) is 12.0 Å². The predicted octanol–water partition coefficient (Wildman–Crippen LogP) is 5.76. The highest BCUT2D eigenvalue weighted by Crippen LogP contribution is 2.30. The van der Waals surface area contributed by atoms with Gasteiger partial charge in [-0.3, -0.25) is 0 Å². The second kappa shape index (κ2) is 8.09. The van der Waals surface area contributed by atoms with Crippen LogP contribution < -0.4 is 4.74 Å². The second-order valence-corrected chi connectivity index (χ2v) is 5.65. The number of hydrogen-bond donors (Lipinski definition) is 0. The summed E-state index contributed by atoms with van der Waals surface area (Å²) in [5, 5.41) is -0.110. The van der Waals surface area contributed by atoms with E-state index in [-0.39, 0.29) is 5.38 Å². The minimum atomic E-state index is -0.110. The van der Waals surface area contributed by atoms with E-state index in [9.17, 15) is 0 Å². The summed E-state index contributed by atoms with van der Waals surface area (Å²) in [5.41, 5.74) is 3.62. The molecule has 0 fully saturated rings. The maximum Gasteiger partial charge on any atom is 0.119 e. The van der Waals surface area contributed by atoms with Crippen molar-refractivity contribution in [1.29, 1.82) is 0 Å². The monoisotopic (exact) mass is 302 g/mol. The molecule has 0 aliphatic rings. The molecule has 0 spiro atoms. The molecule has 2 rings (SSSR count). The van der Waals surface area contributed by atoms with E-state index in [1.54, 1.807) is 0 Å². The standard InChI is InChI=1S/C19H23ClO/c1-3-5-6-15-7-9-16(10-8-15)19(20)17-11-13-18(14-12-17)21-4-2/h7-14,19H,3-6H2,1-2H3. The van der Waals surface area contributed by atoms with Gasteiger partial charge in [-0.2, -0.15) is 0 Å². The van der Waals surface area contributed by atoms with E-state index in [0.717, 1.165) is 23.3 Å². The Kier molecular flexibility index (Phi) is 6.13. The van der Waals surface area contributed by atoms with Gasteiger partial charge in [0.2, 0.25) is 0 Å². The van der Waals surface area contributed by atoms with Crippen LogP contribution in [0.15, 0.2) is 48.5 Å². The molecule has 112 valence electrons. The Bertz CT molecular complexity index is 530. The Balaban J connectivity index is 2.06. The number of halogens is 1. The van der Waals surface area contributed by atoms with Crippen LogP contribution >= 0.6 is 11.6 Å². The highest BCUT2D eigenvalue weighted by atomic mass is 35.5. The van der Waals surface area contributed by atoms with E-state index < -0.39 is 0 Å². The fraction of sp³-hybridized carbons (Fsp3) is 0.368. The van der Waals surface area contributed by atoms with Crippen LogP contribution in [-0.4, -0.2) is 6.61 Å². The third-order valence-electron chi connectivity index (χ3n) is 3.58. The first kappa shape index (κ1) is 15.9. The first-order chi connectivity index (χ1) is 10.2. The van der Waals surface area contributed by atoms with Gasteiger partial charge in [0.25, 0.3) is 0 Å². The molecule has 0 saturated carbocycles. The van der Waals surface area contributed by atoms with Crippen molar-refractivity contribution in [2.45, 2.75) is 38.5 Å². The van der Waals surface area contributed by atoms with Gasteiger partial charge in [-0.25, -0.2) is 0 Å². The lowest BCUT2D eigenvalue weighted by Gasteiger charge is -2.12. The molecule has 0 radical (unpaired) electrons. The number of aryl methyl sites for hydroxylation is 1. The summed E-state index contributed by atoms with van der Waals surface area (Å²) in [5.74, 6) is 0.889. The minimum absolute atomic E-state index is 0.110. The quantitative estimate of drug-likeness (QED) is 0.591. The van der Waals surface area contributed by atoms with Gasteiger partial charge in [-0.05, 0) is 48.6 Å². The fourth-order valence-electron chi connectivity index (χ4n) is 2.33. The lowest BCUT2D eigenvalue weighted by atomic mass is 10.0. The van der Waals surface area contributed by atoms with Crippen LogP contribution in [0, 0.1) is 0 Å². The number of benzene rings is 2. The number of rotatable bonds is 7. The van der Waals surface area contributed by atoms with Crippen molar-refractivity contribution < 1.29 is 4.74 Å². The van der Waals surface area contributed by atoms with Crippen molar-refractivity contribution in [3.63, 3.8) is 0 Å². The summed E-state index contributed by atoms with van der Waals surface area (Å²) in [6, 6.07) is 16.7. The average molecular weight is 303 g/mol. The summed E-state index contributed by atoms with van der Waals surface area (Å²) < 4.78 is 5.46. The zero-order valence-electron chi connectivity index (χ0n) is 12.8. The third-order valence-corrected chi connectivity index (χ3v) is 4.08. The summed E-state index contributed by atoms with van der Waals surface area (Å²) in [6.45, 7) is 4.89. The molecule has 0 aliphatic heterocycles. The van der Waals surface area contributed by atoms with Crippen molar-refractivity contribution in [3.05, 3.63) is 65.2 Å². The van der Waals surface area contributed by atoms with Gasteiger partial charge < -0.3 is 4.74 Å². The fourth-order valence-corrected chi connectivity index (χ4v) is 2.62. The zero-order chi connectivity index (χ0) is 15.1. The molecular formula is C19H23ClO. The number of hydrogen-bond acceptors (Lipinski definition) is 1. The third kappa shape index (κ3) is 4.50. The van der Waals surface area contributed by atoms with Gasteiger partial charge in [0.1, 0.15) is 5.75 Å². The molecule has 0 saturated heterocycles. The van der Waals surface area contributed by atoms with E-state index in [1.165, 1.54) is 18.4 Å². The van der Waals surface area contributed by atoms with Crippen molar-refractivity contribution in [1.82, 2.24) is 0 Å². The Labute approximate surface area is 132 Å². The molecule has 0 aromatic heterocycles. The van der Waals surface area contributed by atoms with Gasteiger partial charge in [-0.15, -0.1) is 11.6 Å². The smallest absolute Gasteiger partial charge is 0.119 e. The van der Waals surface area contributed by atoms with E-state index in [4.69, 9.17) is 16.3 Å². The lowest BCUT2D eigenvalue weighted by molar-refractivity contribution is 0.340. The molecule has 1 nitrogen and oxygen atoms in total. The Morgan fingerprint density at radius 1 is 0.905 bits per heavy atom. The van der Waals surface area contributed by atoms with Gasteiger partial charge in [-0.1, -0.05) is 49.7 Å². The summed E-state index contributed by atoms with van der Waals surface area (Å²) in [7, 11) is 0. The van der Waals surface area contributed by atoms with E-state index in [0.29, 0.717) is 6.61 Å². The Hall–Kier alpha value is -1.47. The van der Waals surface area contributed by atoms with Crippen LogP contribution in [0.3, 0.4) is 0 Å². The topological polar surface area (TPSA) is 9.23 Å². The van der Waals surface area contributed by atoms with Crippen LogP contribution in [0.1, 0.15) is 48.8 Å². The lowest BCUT2D eigenvalue weighted by Crippen LogP contribution is -1.95. The van der Waals surface area contributed by atoms with Crippen LogP contribution in [0.5, 0.6) is 5.75 Å². The van der Waals surface area contributed by atoms with Gasteiger partial charge >= 0.3 is 0 Å². The van der Waals surface area contributed by atoms with Crippen LogP contribution in [0.25, 0.3) is 0 Å². The average Bonchev–Trinajstić information content (AvgIpc) is 2.54. The minimum Gasteiger partial charge on any atom is -0.494 e. The first-order valence-electron chi connectivity index (χ1n) is 7.70. The van der Waals surface area contributed by atoms with Crippen LogP contribution in [0.4, 0.5) is 0 Å². The normalized spacial score (nSPS) is 12.1. The molecule has 0 amide bonds. The summed E-state index contributed by atoms with van der Waals surface area (Å²) in [6.07, 6.45) is 3.61. The maximum atomic E-state index is 6.58. The molecule has 0 aliphatic carbocycles. The highest BCUT2D eigenvalue weighted by molar-refractivity contribution is 6.22. The zero-order valence-corrected chi connectivity index (χ0v) is 13.6. The number of unbranched alkanes of at least 4 members (excludes halogenated alkanes) is 1. The Morgan fingerprint density at radius 2 is 1.48 bits per heavy atom. The molecule has 21 heavy (non-hydrogen) atoms. The van der Waals surface area contributed by atoms with E-state index in [1.807, 2.05) is 31.2 Å². The molecule has 0 heterocycles. The van der Waals surface area contributed by atoms with Gasteiger partial charge in [0, 0.05) is 0 Å². The van der Waals surface area contributed by atoms with E-state index in [2.05, 4.69) is 31.2 Å². The van der Waals surface area contributed by atoms with Crippen molar-refractivity contribution in [3.8, 4) is 5.75 Å². The van der Waals surface area contributed by atoms with Crippen molar-refractivity contribution in [2.75, 3.05) is 6.61 Å². The van der Waals surface area contributed by atoms with Gasteiger partial charge in [0.15, 0.2) is 0 Å². The number of ether oxygens (including phenoxy) is 1. The molecule has 0 N–H and O–H groups in total. The largest absolute Gasteiger partial charge is 0.494 e. The first-order valence-corrected chi connectivity index (χ1v) is 8.14. The van der Waals surface area contributed by atoms with Crippen molar-refractivity contribution >= 4 is 11.6 Å². The maximum absolute atomic E-state index is 6.58. The predicted molar refractivity (Wildman–Crippen MR) is 90.4 cm³/mol. The van der Waals surface area contributed by atoms with Crippen LogP contribution in [0.2, 0.25) is 0 Å².